The molecule has 1 fully saturated rings. The highest BCUT2D eigenvalue weighted by Crippen LogP contribution is 2.18. The molecule has 0 radical (unpaired) electrons. The van der Waals surface area contributed by atoms with Crippen LogP contribution in [0.1, 0.15) is 1.37 Å². The lowest BCUT2D eigenvalue weighted by molar-refractivity contribution is -0.132. The first-order chi connectivity index (χ1) is 5.01. The summed E-state index contributed by atoms with van der Waals surface area (Å²) in [6, 6.07) is 0. The van der Waals surface area contributed by atoms with Gasteiger partial charge in [-0.05, 0) is 0 Å². The molecule has 5 heteroatoms. The first-order valence-corrected chi connectivity index (χ1v) is 2.84. The van der Waals surface area contributed by atoms with Crippen LogP contribution < -0.4 is 0 Å². The van der Waals surface area contributed by atoms with Crippen molar-refractivity contribution >= 4 is 0 Å². The molecule has 0 amide bonds. The van der Waals surface area contributed by atoms with Gasteiger partial charge in [-0.15, -0.1) is 0 Å². The van der Waals surface area contributed by atoms with Crippen LogP contribution in [0.3, 0.4) is 0 Å². The van der Waals surface area contributed by atoms with Crippen LogP contribution in [-0.4, -0.2) is 51.6 Å². The van der Waals surface area contributed by atoms with Gasteiger partial charge in [0.25, 0.3) is 0 Å². The molecule has 1 saturated heterocycles. The molecule has 0 saturated carbocycles. The first-order valence-electron chi connectivity index (χ1n) is 3.34. The molecule has 5 nitrogen and oxygen atoms in total. The Morgan fingerprint density at radius 2 is 1.90 bits per heavy atom. The molecule has 60 valence electrons. The third kappa shape index (κ3) is 1.14. The second-order valence-corrected chi connectivity index (χ2v) is 2.07. The Labute approximate surface area is 58.9 Å². The van der Waals surface area contributed by atoms with E-state index in [-0.39, 0.29) is 0 Å². The molecule has 1 aliphatic rings. The van der Waals surface area contributed by atoms with Crippen LogP contribution in [0.4, 0.5) is 0 Å². The van der Waals surface area contributed by atoms with Gasteiger partial charge in [0.1, 0.15) is 18.3 Å². The Morgan fingerprint density at radius 3 is 2.10 bits per heavy atom. The molecular formula is C5H10O5. The van der Waals surface area contributed by atoms with Gasteiger partial charge in [0.05, 0.1) is 7.98 Å². The van der Waals surface area contributed by atoms with Crippen LogP contribution in [0, 0.1) is 0 Å². The van der Waals surface area contributed by atoms with E-state index in [4.69, 9.17) is 21.8 Å². The normalized spacial score (nSPS) is 56.8. The molecule has 2 unspecified atom stereocenters. The van der Waals surface area contributed by atoms with Crippen molar-refractivity contribution in [2.75, 3.05) is 6.61 Å². The van der Waals surface area contributed by atoms with Crippen molar-refractivity contribution < 1.29 is 26.5 Å². The van der Waals surface area contributed by atoms with Gasteiger partial charge >= 0.3 is 0 Å². The van der Waals surface area contributed by atoms with Crippen molar-refractivity contribution in [3.05, 3.63) is 0 Å². The summed E-state index contributed by atoms with van der Waals surface area (Å²) >= 11 is 0. The molecule has 4 N–H and O–H groups in total. The van der Waals surface area contributed by atoms with E-state index in [1.165, 1.54) is 0 Å². The Kier molecular flexibility index (Phi) is 1.83. The van der Waals surface area contributed by atoms with E-state index >= 15 is 0 Å². The highest BCUT2D eigenvalue weighted by molar-refractivity contribution is 4.84. The van der Waals surface area contributed by atoms with Crippen LogP contribution in [0.5, 0.6) is 0 Å². The standard InChI is InChI=1S/C5H10O5/c6-1-2-3(7)4(8)5(9)10-2/h2-9H,1H2/t2-,3?,4+,5?/m1/s1/i2D. The lowest BCUT2D eigenvalue weighted by Gasteiger charge is -2.09. The highest BCUT2D eigenvalue weighted by Gasteiger charge is 2.41. The van der Waals surface area contributed by atoms with E-state index in [0.29, 0.717) is 0 Å². The molecule has 0 aliphatic carbocycles. The Morgan fingerprint density at radius 1 is 1.30 bits per heavy atom. The average Bonchev–Trinajstić information content (AvgIpc) is 2.17. The number of rotatable bonds is 1. The van der Waals surface area contributed by atoms with Gasteiger partial charge in [-0.2, -0.15) is 0 Å². The lowest BCUT2D eigenvalue weighted by atomic mass is 10.1. The molecule has 0 aromatic heterocycles. The minimum atomic E-state index is -2.00. The number of aliphatic hydroxyl groups excluding tert-OH is 4. The maximum absolute atomic E-state index is 9.00. The van der Waals surface area contributed by atoms with Gasteiger partial charge in [-0.25, -0.2) is 0 Å². The van der Waals surface area contributed by atoms with Gasteiger partial charge in [-0.1, -0.05) is 0 Å². The lowest BCUT2D eigenvalue weighted by Crippen LogP contribution is -2.33. The van der Waals surface area contributed by atoms with E-state index in [0.717, 1.165) is 0 Å². The SMILES string of the molecule is [2H][C@]1(CO)OC(O)[C@@H](O)C1O. The smallest absolute Gasteiger partial charge is 0.184 e. The quantitative estimate of drug-likeness (QED) is 0.330. The van der Waals surface area contributed by atoms with Gasteiger partial charge in [-0.3, -0.25) is 0 Å². The third-order valence-corrected chi connectivity index (χ3v) is 1.37. The van der Waals surface area contributed by atoms with Crippen molar-refractivity contribution in [1.29, 1.82) is 0 Å². The Hall–Kier alpha value is -0.200. The van der Waals surface area contributed by atoms with E-state index in [2.05, 4.69) is 4.74 Å². The summed E-state index contributed by atoms with van der Waals surface area (Å²) in [5, 5.41) is 35.2. The van der Waals surface area contributed by atoms with Gasteiger partial charge in [0, 0.05) is 0 Å². The summed E-state index contributed by atoms with van der Waals surface area (Å²) in [5.74, 6) is 0. The minimum absolute atomic E-state index is 0.776. The molecule has 1 aliphatic heterocycles. The van der Waals surface area contributed by atoms with Crippen molar-refractivity contribution in [1.82, 2.24) is 0 Å². The van der Waals surface area contributed by atoms with E-state index in [1.54, 1.807) is 0 Å². The molecule has 0 aromatic rings. The first kappa shape index (κ1) is 6.51. The largest absolute Gasteiger partial charge is 0.394 e. The average molecular weight is 151 g/mol. The monoisotopic (exact) mass is 151 g/mol. The molecular weight excluding hydrogens is 140 g/mol. The zero-order valence-electron chi connectivity index (χ0n) is 6.14. The van der Waals surface area contributed by atoms with E-state index in [1.807, 2.05) is 0 Å². The predicted molar refractivity (Wildman–Crippen MR) is 30.0 cm³/mol. The number of ether oxygens (including phenoxy) is 1. The highest BCUT2D eigenvalue weighted by atomic mass is 16.6. The predicted octanol–water partition coefficient (Wildman–Crippen LogP) is -2.58. The fourth-order valence-corrected chi connectivity index (χ4v) is 0.772. The summed E-state index contributed by atoms with van der Waals surface area (Å²) in [7, 11) is 0. The van der Waals surface area contributed by atoms with Gasteiger partial charge < -0.3 is 25.2 Å². The summed E-state index contributed by atoms with van der Waals surface area (Å²) < 4.78 is 11.5. The van der Waals surface area contributed by atoms with Crippen molar-refractivity contribution in [2.24, 2.45) is 0 Å². The fourth-order valence-electron chi connectivity index (χ4n) is 0.772. The molecule has 10 heavy (non-hydrogen) atoms. The summed E-state index contributed by atoms with van der Waals surface area (Å²) in [6.07, 6.45) is -6.71. The number of hydrogen-bond donors (Lipinski definition) is 4. The number of aliphatic hydroxyl groups is 4. The van der Waals surface area contributed by atoms with E-state index < -0.39 is 31.2 Å². The number of hydrogen-bond acceptors (Lipinski definition) is 5. The summed E-state index contributed by atoms with van der Waals surface area (Å²) in [4.78, 5) is 0. The summed E-state index contributed by atoms with van der Waals surface area (Å²) in [6.45, 7) is -0.776. The van der Waals surface area contributed by atoms with Crippen LogP contribution in [0.2, 0.25) is 0 Å². The second-order valence-electron chi connectivity index (χ2n) is 2.07. The maximum atomic E-state index is 9.00. The minimum Gasteiger partial charge on any atom is -0.394 e. The van der Waals surface area contributed by atoms with E-state index in [9.17, 15) is 0 Å². The maximum Gasteiger partial charge on any atom is 0.184 e. The zero-order chi connectivity index (χ0) is 8.65. The van der Waals surface area contributed by atoms with Gasteiger partial charge in [0.15, 0.2) is 6.29 Å². The van der Waals surface area contributed by atoms with Gasteiger partial charge in [0.2, 0.25) is 0 Å². The van der Waals surface area contributed by atoms with Crippen LogP contribution in [0.25, 0.3) is 0 Å². The van der Waals surface area contributed by atoms with Crippen molar-refractivity contribution in [3.63, 3.8) is 0 Å². The second kappa shape index (κ2) is 2.81. The van der Waals surface area contributed by atoms with Crippen molar-refractivity contribution in [2.45, 2.75) is 24.6 Å². The zero-order valence-corrected chi connectivity index (χ0v) is 5.14. The van der Waals surface area contributed by atoms with Crippen molar-refractivity contribution in [3.8, 4) is 0 Å². The molecule has 0 spiro atoms. The fraction of sp³-hybridized carbons (Fsp3) is 1.00. The molecule has 0 aromatic carbocycles. The Balaban J connectivity index is 2.73. The summed E-state index contributed by atoms with van der Waals surface area (Å²) in [5.41, 5.74) is 0. The third-order valence-electron chi connectivity index (χ3n) is 1.37. The van der Waals surface area contributed by atoms with Crippen LogP contribution in [-0.2, 0) is 4.74 Å². The molecule has 1 heterocycles. The topological polar surface area (TPSA) is 90.2 Å². The Bertz CT molecular complexity index is 154. The molecule has 1 rings (SSSR count). The molecule has 0 bridgehead atoms. The van der Waals surface area contributed by atoms with Crippen LogP contribution in [0.15, 0.2) is 0 Å². The van der Waals surface area contributed by atoms with Crippen LogP contribution >= 0.6 is 0 Å². The molecule has 4 atom stereocenters.